The zero-order chi connectivity index (χ0) is 20.2. The summed E-state index contributed by atoms with van der Waals surface area (Å²) in [5.41, 5.74) is 0.992. The van der Waals surface area contributed by atoms with E-state index in [4.69, 9.17) is 4.42 Å². The average Bonchev–Trinajstić information content (AvgIpc) is 3.44. The standard InChI is InChI=1S/C22H24N4O3/c1-16-14-19(27)21(24-26(16)17-8-3-2-4-9-17)22(28)23-15-18(20-10-7-13-29-20)25-11-5-6-12-25/h2-4,7-10,13-14,18H,5-6,11-12,15H2,1H3,(H,23,28)/p+1/t18-/m1/s1. The largest absolute Gasteiger partial charge is 0.463 e. The summed E-state index contributed by atoms with van der Waals surface area (Å²) < 4.78 is 7.23. The van der Waals surface area contributed by atoms with E-state index < -0.39 is 5.91 Å². The molecule has 2 N–H and O–H groups in total. The number of carbonyl (C=O) groups excluding carboxylic acids is 1. The van der Waals surface area contributed by atoms with Gasteiger partial charge < -0.3 is 14.6 Å². The summed E-state index contributed by atoms with van der Waals surface area (Å²) in [6, 6.07) is 14.7. The summed E-state index contributed by atoms with van der Waals surface area (Å²) >= 11 is 0. The third-order valence-corrected chi connectivity index (χ3v) is 5.42. The summed E-state index contributed by atoms with van der Waals surface area (Å²) in [4.78, 5) is 26.6. The van der Waals surface area contributed by atoms with Gasteiger partial charge in [-0.15, -0.1) is 0 Å². The number of para-hydroxylation sites is 1. The van der Waals surface area contributed by atoms with Gasteiger partial charge in [0.1, 0.15) is 0 Å². The molecule has 0 bridgehead atoms. The van der Waals surface area contributed by atoms with Crippen molar-refractivity contribution >= 4 is 5.91 Å². The molecule has 2 aromatic heterocycles. The van der Waals surface area contributed by atoms with E-state index in [0.717, 1.165) is 24.5 Å². The second-order valence-electron chi connectivity index (χ2n) is 7.39. The zero-order valence-electron chi connectivity index (χ0n) is 16.4. The van der Waals surface area contributed by atoms with Gasteiger partial charge >= 0.3 is 0 Å². The first-order valence-corrected chi connectivity index (χ1v) is 9.96. The summed E-state index contributed by atoms with van der Waals surface area (Å²) in [6.45, 7) is 4.28. The SMILES string of the molecule is Cc1cc(=O)c(C(=O)NC[C@H](c2ccco2)[NH+]2CCCC2)nn1-c1ccccc1. The third-order valence-electron chi connectivity index (χ3n) is 5.42. The van der Waals surface area contributed by atoms with E-state index >= 15 is 0 Å². The first-order chi connectivity index (χ1) is 14.1. The Bertz CT molecular complexity index is 1020. The number of carbonyl (C=O) groups is 1. The molecule has 7 nitrogen and oxygen atoms in total. The van der Waals surface area contributed by atoms with Crippen LogP contribution in [0.15, 0.2) is 64.0 Å². The molecule has 1 aliphatic rings. The molecule has 3 aromatic rings. The van der Waals surface area contributed by atoms with Crippen LogP contribution < -0.4 is 15.6 Å². The highest BCUT2D eigenvalue weighted by Gasteiger charge is 2.30. The normalized spacial score (nSPS) is 15.3. The van der Waals surface area contributed by atoms with Gasteiger partial charge in [-0.05, 0) is 31.2 Å². The highest BCUT2D eigenvalue weighted by molar-refractivity contribution is 5.92. The third kappa shape index (κ3) is 4.14. The van der Waals surface area contributed by atoms with Crippen molar-refractivity contribution < 1.29 is 14.1 Å². The van der Waals surface area contributed by atoms with Crippen LogP contribution in [0.3, 0.4) is 0 Å². The minimum absolute atomic E-state index is 0.0262. The van der Waals surface area contributed by atoms with E-state index in [-0.39, 0.29) is 17.2 Å². The topological polar surface area (TPSA) is 81.6 Å². The van der Waals surface area contributed by atoms with Gasteiger partial charge in [0.15, 0.2) is 17.5 Å². The van der Waals surface area contributed by atoms with E-state index in [1.807, 2.05) is 42.5 Å². The molecule has 0 unspecified atom stereocenters. The lowest BCUT2D eigenvalue weighted by Gasteiger charge is -2.23. The Morgan fingerprint density at radius 3 is 2.66 bits per heavy atom. The van der Waals surface area contributed by atoms with Crippen LogP contribution in [0.2, 0.25) is 0 Å². The molecule has 3 heterocycles. The fraction of sp³-hybridized carbons (Fsp3) is 0.318. The van der Waals surface area contributed by atoms with E-state index in [1.54, 1.807) is 17.9 Å². The van der Waals surface area contributed by atoms with Crippen molar-refractivity contribution in [1.29, 1.82) is 0 Å². The minimum Gasteiger partial charge on any atom is -0.463 e. The van der Waals surface area contributed by atoms with Crippen LogP contribution in [-0.4, -0.2) is 35.3 Å². The number of nitrogens with one attached hydrogen (secondary N) is 2. The molecule has 29 heavy (non-hydrogen) atoms. The second-order valence-corrected chi connectivity index (χ2v) is 7.39. The molecule has 0 radical (unpaired) electrons. The van der Waals surface area contributed by atoms with Gasteiger partial charge in [0.2, 0.25) is 5.43 Å². The van der Waals surface area contributed by atoms with Gasteiger partial charge in [0, 0.05) is 24.6 Å². The minimum atomic E-state index is -0.463. The summed E-state index contributed by atoms with van der Waals surface area (Å²) in [5, 5.41) is 7.25. The van der Waals surface area contributed by atoms with Gasteiger partial charge in [0.25, 0.3) is 5.91 Å². The Morgan fingerprint density at radius 2 is 1.97 bits per heavy atom. The number of furan rings is 1. The maximum absolute atomic E-state index is 12.8. The summed E-state index contributed by atoms with van der Waals surface area (Å²) in [6.07, 6.45) is 3.99. The molecule has 7 heteroatoms. The lowest BCUT2D eigenvalue weighted by molar-refractivity contribution is -0.919. The highest BCUT2D eigenvalue weighted by atomic mass is 16.3. The number of aromatic nitrogens is 2. The average molecular weight is 393 g/mol. The molecule has 4 rings (SSSR count). The maximum atomic E-state index is 12.8. The fourth-order valence-electron chi connectivity index (χ4n) is 3.93. The van der Waals surface area contributed by atoms with Crippen molar-refractivity contribution in [1.82, 2.24) is 15.1 Å². The number of quaternary nitrogens is 1. The van der Waals surface area contributed by atoms with E-state index in [1.165, 1.54) is 23.8 Å². The summed E-state index contributed by atoms with van der Waals surface area (Å²) in [5.74, 6) is 0.385. The Balaban J connectivity index is 1.55. The maximum Gasteiger partial charge on any atom is 0.276 e. The van der Waals surface area contributed by atoms with Crippen LogP contribution in [0.1, 0.15) is 40.8 Å². The number of rotatable bonds is 6. The summed E-state index contributed by atoms with van der Waals surface area (Å²) in [7, 11) is 0. The molecular weight excluding hydrogens is 368 g/mol. The molecule has 1 amide bonds. The number of nitrogens with zero attached hydrogens (tertiary/aromatic N) is 2. The highest BCUT2D eigenvalue weighted by Crippen LogP contribution is 2.12. The van der Waals surface area contributed by atoms with Gasteiger partial charge in [-0.25, -0.2) is 4.68 Å². The lowest BCUT2D eigenvalue weighted by Crippen LogP contribution is -3.11. The van der Waals surface area contributed by atoms with Crippen molar-refractivity contribution in [3.63, 3.8) is 0 Å². The van der Waals surface area contributed by atoms with Gasteiger partial charge in [0.05, 0.1) is 31.6 Å². The molecule has 1 fully saturated rings. The number of likely N-dealkylation sites (tertiary alicyclic amines) is 1. The van der Waals surface area contributed by atoms with Gasteiger partial charge in [-0.3, -0.25) is 9.59 Å². The van der Waals surface area contributed by atoms with Crippen LogP contribution in [0, 0.1) is 6.92 Å². The van der Waals surface area contributed by atoms with Crippen molar-refractivity contribution in [3.8, 4) is 5.69 Å². The molecule has 0 aliphatic carbocycles. The van der Waals surface area contributed by atoms with Gasteiger partial charge in [-0.1, -0.05) is 18.2 Å². The monoisotopic (exact) mass is 393 g/mol. The molecule has 1 saturated heterocycles. The Labute approximate surface area is 169 Å². The molecule has 0 spiro atoms. The number of hydrogen-bond acceptors (Lipinski definition) is 4. The number of benzene rings is 1. The Morgan fingerprint density at radius 1 is 1.21 bits per heavy atom. The smallest absolute Gasteiger partial charge is 0.276 e. The molecule has 1 aliphatic heterocycles. The number of amides is 1. The lowest BCUT2D eigenvalue weighted by atomic mass is 10.2. The van der Waals surface area contributed by atoms with E-state index in [2.05, 4.69) is 10.4 Å². The van der Waals surface area contributed by atoms with E-state index in [0.29, 0.717) is 12.2 Å². The quantitative estimate of drug-likeness (QED) is 0.661. The predicted molar refractivity (Wildman–Crippen MR) is 108 cm³/mol. The van der Waals surface area contributed by atoms with Crippen molar-refractivity contribution in [2.24, 2.45) is 0 Å². The predicted octanol–water partition coefficient (Wildman–Crippen LogP) is 1.28. The van der Waals surface area contributed by atoms with Crippen LogP contribution in [0.5, 0.6) is 0 Å². The first-order valence-electron chi connectivity index (χ1n) is 9.96. The van der Waals surface area contributed by atoms with Crippen molar-refractivity contribution in [2.45, 2.75) is 25.8 Å². The second kappa shape index (κ2) is 8.45. The molecule has 0 saturated carbocycles. The van der Waals surface area contributed by atoms with Crippen molar-refractivity contribution in [3.05, 3.63) is 82.2 Å². The number of aryl methyl sites for hydroxylation is 1. The van der Waals surface area contributed by atoms with Crippen LogP contribution in [-0.2, 0) is 0 Å². The van der Waals surface area contributed by atoms with Crippen LogP contribution >= 0.6 is 0 Å². The van der Waals surface area contributed by atoms with Crippen molar-refractivity contribution in [2.75, 3.05) is 19.6 Å². The van der Waals surface area contributed by atoms with Gasteiger partial charge in [-0.2, -0.15) is 5.10 Å². The Hall–Kier alpha value is -3.19. The molecular formula is C22H25N4O3+. The van der Waals surface area contributed by atoms with Crippen LogP contribution in [0.25, 0.3) is 5.69 Å². The molecule has 150 valence electrons. The molecule has 1 atom stereocenters. The first kappa shape index (κ1) is 19.1. The zero-order valence-corrected chi connectivity index (χ0v) is 16.4. The molecule has 1 aromatic carbocycles. The van der Waals surface area contributed by atoms with E-state index in [9.17, 15) is 9.59 Å². The Kier molecular flexibility index (Phi) is 5.57. The fourth-order valence-corrected chi connectivity index (χ4v) is 3.93. The number of hydrogen-bond donors (Lipinski definition) is 2. The van der Waals surface area contributed by atoms with Crippen LogP contribution in [0.4, 0.5) is 0 Å².